The van der Waals surface area contributed by atoms with Gasteiger partial charge in [0, 0.05) is 30.7 Å². The maximum absolute atomic E-state index is 13.0. The van der Waals surface area contributed by atoms with Crippen molar-refractivity contribution in [1.29, 1.82) is 0 Å². The van der Waals surface area contributed by atoms with Gasteiger partial charge in [-0.1, -0.05) is 36.4 Å². The van der Waals surface area contributed by atoms with E-state index < -0.39 is 7.05 Å². The van der Waals surface area contributed by atoms with Crippen molar-refractivity contribution < 1.29 is 9.82 Å². The molecule has 1 atom stereocenters. The van der Waals surface area contributed by atoms with Crippen LogP contribution in [0.3, 0.4) is 0 Å². The van der Waals surface area contributed by atoms with E-state index in [0.29, 0.717) is 6.42 Å². The summed E-state index contributed by atoms with van der Waals surface area (Å²) in [5.74, 6) is -0.290. The molecule has 0 saturated heterocycles. The quantitative estimate of drug-likeness (QED) is 0.590. The third kappa shape index (κ3) is 3.64. The van der Waals surface area contributed by atoms with E-state index in [-0.39, 0.29) is 18.2 Å². The number of aromatic nitrogens is 1. The summed E-state index contributed by atoms with van der Waals surface area (Å²) in [6, 6.07) is 13.8. The molecule has 1 aliphatic rings. The lowest BCUT2D eigenvalue weighted by Crippen LogP contribution is -2.51. The highest BCUT2D eigenvalue weighted by Crippen LogP contribution is 2.21. The third-order valence-electron chi connectivity index (χ3n) is 5.31. The van der Waals surface area contributed by atoms with Crippen molar-refractivity contribution in [3.8, 4) is 0 Å². The molecule has 136 valence electrons. The Kier molecular flexibility index (Phi) is 5.03. The Morgan fingerprint density at radius 3 is 2.96 bits per heavy atom. The van der Waals surface area contributed by atoms with Crippen LogP contribution in [0.5, 0.6) is 0 Å². The molecule has 0 radical (unpaired) electrons. The summed E-state index contributed by atoms with van der Waals surface area (Å²) in [6.07, 6.45) is 4.77. The zero-order valence-corrected chi connectivity index (χ0v) is 15.1. The van der Waals surface area contributed by atoms with Crippen LogP contribution in [-0.2, 0) is 17.6 Å². The molecule has 5 nitrogen and oxygen atoms in total. The second-order valence-corrected chi connectivity index (χ2v) is 7.05. The second kappa shape index (κ2) is 7.60. The summed E-state index contributed by atoms with van der Waals surface area (Å²) in [7, 11) is -0.684. The molecule has 3 aromatic rings. The Morgan fingerprint density at radius 2 is 2.11 bits per heavy atom. The number of nitrogens with zero attached hydrogens (tertiary/aromatic N) is 1. The van der Waals surface area contributed by atoms with E-state index in [2.05, 4.69) is 10.2 Å². The number of fused-ring (bicyclic) bond motifs is 2. The minimum Gasteiger partial charge on any atom is -0.433 e. The minimum absolute atomic E-state index is 0.0871. The van der Waals surface area contributed by atoms with Crippen molar-refractivity contribution in [1.82, 2.24) is 10.2 Å². The normalized spacial score (nSPS) is 14.8. The maximum Gasteiger partial charge on any atom is 0.413 e. The summed E-state index contributed by atoms with van der Waals surface area (Å²) in [5, 5.41) is 15.4. The van der Waals surface area contributed by atoms with Crippen LogP contribution in [0.15, 0.2) is 54.9 Å². The average molecular weight is 359 g/mol. The van der Waals surface area contributed by atoms with Crippen LogP contribution in [0.25, 0.3) is 10.8 Å². The summed E-state index contributed by atoms with van der Waals surface area (Å²) < 4.78 is 0. The number of nitrogens with one attached hydrogen (secondary N) is 1. The molecule has 0 saturated carbocycles. The van der Waals surface area contributed by atoms with Gasteiger partial charge in [-0.25, -0.2) is 0 Å². The number of rotatable bonds is 5. The molecule has 2 heterocycles. The molecular formula is C21H22BN3O2. The standard InChI is InChI=1S/C21H22BN3O2/c23-12-19(17-4-3-15-6-8-25-22(27)20(15)11-17)21(26)10-14-1-2-18-13-24-7-5-16(18)9-14/h1-5,7,9,11,13,19,25,27H,6,8,10,12,23H2. The van der Waals surface area contributed by atoms with Gasteiger partial charge in [0.05, 0.1) is 5.92 Å². The van der Waals surface area contributed by atoms with Crippen LogP contribution in [0.4, 0.5) is 0 Å². The zero-order valence-electron chi connectivity index (χ0n) is 15.1. The predicted octanol–water partition coefficient (Wildman–Crippen LogP) is 0.922. The highest BCUT2D eigenvalue weighted by Gasteiger charge is 2.26. The van der Waals surface area contributed by atoms with Gasteiger partial charge in [-0.15, -0.1) is 0 Å². The number of Topliss-reactive ketones (excluding diaryl/α,β-unsaturated/α-hetero) is 1. The molecule has 1 aromatic heterocycles. The molecule has 4 N–H and O–H groups in total. The topological polar surface area (TPSA) is 88.2 Å². The summed E-state index contributed by atoms with van der Waals surface area (Å²) in [4.78, 5) is 17.1. The minimum atomic E-state index is -0.684. The van der Waals surface area contributed by atoms with E-state index in [1.165, 1.54) is 0 Å². The number of hydrogen-bond acceptors (Lipinski definition) is 5. The predicted molar refractivity (Wildman–Crippen MR) is 108 cm³/mol. The monoisotopic (exact) mass is 359 g/mol. The number of pyridine rings is 1. The van der Waals surface area contributed by atoms with Gasteiger partial charge in [-0.2, -0.15) is 0 Å². The first kappa shape index (κ1) is 17.9. The molecule has 1 unspecified atom stereocenters. The molecule has 2 aromatic carbocycles. The van der Waals surface area contributed by atoms with Crippen molar-refractivity contribution in [3.05, 3.63) is 71.5 Å². The second-order valence-electron chi connectivity index (χ2n) is 7.05. The smallest absolute Gasteiger partial charge is 0.413 e. The van der Waals surface area contributed by atoms with Gasteiger partial charge in [0.15, 0.2) is 0 Å². The van der Waals surface area contributed by atoms with E-state index >= 15 is 0 Å². The molecule has 27 heavy (non-hydrogen) atoms. The van der Waals surface area contributed by atoms with Crippen molar-refractivity contribution in [2.24, 2.45) is 5.73 Å². The first-order valence-electron chi connectivity index (χ1n) is 9.25. The van der Waals surface area contributed by atoms with Crippen LogP contribution in [0, 0.1) is 0 Å². The number of carbonyl (C=O) groups is 1. The lowest BCUT2D eigenvalue weighted by Gasteiger charge is -2.22. The lowest BCUT2D eigenvalue weighted by molar-refractivity contribution is -0.119. The van der Waals surface area contributed by atoms with Crippen molar-refractivity contribution in [2.75, 3.05) is 13.1 Å². The highest BCUT2D eigenvalue weighted by atomic mass is 16.2. The van der Waals surface area contributed by atoms with Gasteiger partial charge in [0.1, 0.15) is 5.78 Å². The summed E-state index contributed by atoms with van der Waals surface area (Å²) in [6.45, 7) is 1.00. The highest BCUT2D eigenvalue weighted by molar-refractivity contribution is 6.64. The van der Waals surface area contributed by atoms with Gasteiger partial charge in [0.25, 0.3) is 0 Å². The molecule has 0 aliphatic carbocycles. The molecule has 4 rings (SSSR count). The lowest BCUT2D eigenvalue weighted by atomic mass is 9.67. The Balaban J connectivity index is 1.58. The number of ketones is 1. The number of nitrogens with two attached hydrogens (primary N) is 1. The van der Waals surface area contributed by atoms with Crippen LogP contribution < -0.4 is 16.4 Å². The first-order valence-corrected chi connectivity index (χ1v) is 9.25. The van der Waals surface area contributed by atoms with Crippen LogP contribution in [0.2, 0.25) is 0 Å². The number of carbonyl (C=O) groups excluding carboxylic acids is 1. The fourth-order valence-corrected chi connectivity index (χ4v) is 3.79. The van der Waals surface area contributed by atoms with Gasteiger partial charge in [-0.3, -0.25) is 9.78 Å². The average Bonchev–Trinajstić information content (AvgIpc) is 2.69. The number of benzene rings is 2. The molecule has 6 heteroatoms. The number of hydrogen-bond donors (Lipinski definition) is 3. The fraction of sp³-hybridized carbons (Fsp3) is 0.238. The Bertz CT molecular complexity index is 992. The van der Waals surface area contributed by atoms with Gasteiger partial charge in [-0.05, 0) is 46.6 Å². The van der Waals surface area contributed by atoms with Crippen LogP contribution in [-0.4, -0.2) is 35.9 Å². The van der Waals surface area contributed by atoms with Crippen molar-refractivity contribution >= 4 is 29.1 Å². The van der Waals surface area contributed by atoms with Crippen molar-refractivity contribution in [2.45, 2.75) is 18.8 Å². The van der Waals surface area contributed by atoms with E-state index in [1.54, 1.807) is 6.20 Å². The van der Waals surface area contributed by atoms with E-state index in [1.807, 2.05) is 48.7 Å². The molecule has 0 fully saturated rings. The summed E-state index contributed by atoms with van der Waals surface area (Å²) in [5.41, 5.74) is 9.76. The Hall–Kier alpha value is -2.54. The first-order chi connectivity index (χ1) is 13.2. The SMILES string of the molecule is NCC(C(=O)Cc1ccc2cnccc2c1)c1ccc2c(c1)B(O)NCC2. The van der Waals surface area contributed by atoms with Crippen LogP contribution >= 0.6 is 0 Å². The zero-order chi connectivity index (χ0) is 18.8. The maximum atomic E-state index is 13.0. The third-order valence-corrected chi connectivity index (χ3v) is 5.31. The molecule has 1 aliphatic heterocycles. The summed E-state index contributed by atoms with van der Waals surface area (Å²) >= 11 is 0. The Morgan fingerprint density at radius 1 is 1.22 bits per heavy atom. The largest absolute Gasteiger partial charge is 0.433 e. The van der Waals surface area contributed by atoms with Gasteiger partial charge >= 0.3 is 7.05 Å². The molecule has 0 spiro atoms. The molecule has 0 bridgehead atoms. The molecule has 0 amide bonds. The van der Waals surface area contributed by atoms with Gasteiger partial charge in [0.2, 0.25) is 0 Å². The Labute approximate surface area is 158 Å². The van der Waals surface area contributed by atoms with Gasteiger partial charge < -0.3 is 16.0 Å². The van der Waals surface area contributed by atoms with E-state index in [4.69, 9.17) is 5.73 Å². The van der Waals surface area contributed by atoms with Crippen molar-refractivity contribution in [3.63, 3.8) is 0 Å². The molecular weight excluding hydrogens is 337 g/mol. The van der Waals surface area contributed by atoms with Crippen LogP contribution in [0.1, 0.15) is 22.6 Å². The fourth-order valence-electron chi connectivity index (χ4n) is 3.79. The van der Waals surface area contributed by atoms with E-state index in [9.17, 15) is 9.82 Å². The van der Waals surface area contributed by atoms with E-state index in [0.717, 1.165) is 45.9 Å².